The molecule has 0 saturated carbocycles. The Morgan fingerprint density at radius 2 is 1.87 bits per heavy atom. The molecule has 234 valence electrons. The molecule has 3 N–H and O–H groups in total. The number of likely N-dealkylation sites (tertiary alicyclic amines) is 1. The molecule has 6 rings (SSSR count). The largest absolute Gasteiger partial charge is 0.381 e. The number of anilines is 3. The molecule has 3 fully saturated rings. The molecule has 0 aliphatic carbocycles. The fraction of sp³-hybridized carbons (Fsp3) is 0.424. The lowest BCUT2D eigenvalue weighted by Crippen LogP contribution is -2.49. The number of carbonyl (C=O) groups is 2. The van der Waals surface area contributed by atoms with Crippen LogP contribution in [0.25, 0.3) is 11.3 Å². The molecular formula is C33H37ClN8O3. The highest BCUT2D eigenvalue weighted by Gasteiger charge is 2.32. The number of imide groups is 1. The van der Waals surface area contributed by atoms with Crippen molar-refractivity contribution in [2.75, 3.05) is 54.9 Å². The highest BCUT2D eigenvalue weighted by atomic mass is 35.5. The molecule has 2 aromatic heterocycles. The highest BCUT2D eigenvalue weighted by molar-refractivity contribution is 6.33. The van der Waals surface area contributed by atoms with Crippen molar-refractivity contribution >= 4 is 40.9 Å². The third-order valence-electron chi connectivity index (χ3n) is 8.80. The average molecular weight is 629 g/mol. The highest BCUT2D eigenvalue weighted by Crippen LogP contribution is 2.32. The van der Waals surface area contributed by atoms with Gasteiger partial charge >= 0.3 is 6.03 Å². The van der Waals surface area contributed by atoms with Gasteiger partial charge in [0.15, 0.2) is 0 Å². The first kappa shape index (κ1) is 30.8. The standard InChI is InChI=1S/C33H37ClN8O3/c34-27-19-36-30(18-26(27)28-5-2-6-29(39-28)37-22-33(21-35)10-15-45-16-11-33)38-24-7-12-41(13-8-24)20-23-3-1-4-25(17-23)42-14-9-31(43)40-32(42)44/h1-6,17-19,24H,7-16,20,22H2,(H,36,38)(H,37,39)(H,40,43,44). The van der Waals surface area contributed by atoms with E-state index in [1.54, 1.807) is 11.1 Å². The second-order valence-electron chi connectivity index (χ2n) is 11.9. The van der Waals surface area contributed by atoms with Crippen molar-refractivity contribution < 1.29 is 14.3 Å². The normalized spacial score (nSPS) is 19.1. The van der Waals surface area contributed by atoms with Gasteiger partial charge in [0.05, 0.1) is 22.2 Å². The number of aromatic nitrogens is 2. The molecule has 0 bridgehead atoms. The molecule has 12 heteroatoms. The van der Waals surface area contributed by atoms with Crippen LogP contribution in [0.5, 0.6) is 0 Å². The van der Waals surface area contributed by atoms with E-state index in [4.69, 9.17) is 21.3 Å². The molecule has 11 nitrogen and oxygen atoms in total. The quantitative estimate of drug-likeness (QED) is 0.297. The van der Waals surface area contributed by atoms with Crippen molar-refractivity contribution in [3.63, 3.8) is 0 Å². The first-order valence-corrected chi connectivity index (χ1v) is 15.8. The summed E-state index contributed by atoms with van der Waals surface area (Å²) >= 11 is 6.59. The maximum atomic E-state index is 12.3. The summed E-state index contributed by atoms with van der Waals surface area (Å²) in [5.41, 5.74) is 3.02. The first-order chi connectivity index (χ1) is 21.9. The minimum absolute atomic E-state index is 0.232. The number of nitrogens with zero attached hydrogens (tertiary/aromatic N) is 5. The van der Waals surface area contributed by atoms with Crippen LogP contribution in [0.1, 0.15) is 37.7 Å². The molecular weight excluding hydrogens is 592 g/mol. The van der Waals surface area contributed by atoms with Crippen molar-refractivity contribution in [1.82, 2.24) is 20.2 Å². The zero-order valence-electron chi connectivity index (χ0n) is 25.1. The van der Waals surface area contributed by atoms with E-state index in [9.17, 15) is 14.9 Å². The molecule has 3 aromatic rings. The van der Waals surface area contributed by atoms with E-state index in [2.05, 4.69) is 38.0 Å². The van der Waals surface area contributed by atoms with Crippen molar-refractivity contribution in [2.45, 2.75) is 44.7 Å². The third kappa shape index (κ3) is 7.53. The minimum Gasteiger partial charge on any atom is -0.381 e. The molecule has 3 amide bonds. The van der Waals surface area contributed by atoms with E-state index >= 15 is 0 Å². The lowest BCUT2D eigenvalue weighted by Gasteiger charge is -2.33. The van der Waals surface area contributed by atoms with Gasteiger partial charge in [-0.2, -0.15) is 5.26 Å². The average Bonchev–Trinajstić information content (AvgIpc) is 3.06. The Morgan fingerprint density at radius 1 is 1.07 bits per heavy atom. The number of benzene rings is 1. The summed E-state index contributed by atoms with van der Waals surface area (Å²) < 4.78 is 5.45. The number of carbonyl (C=O) groups excluding carboxylic acids is 2. The number of ether oxygens (including phenoxy) is 1. The van der Waals surface area contributed by atoms with Gasteiger partial charge in [-0.3, -0.25) is 19.9 Å². The monoisotopic (exact) mass is 628 g/mol. The van der Waals surface area contributed by atoms with E-state index in [1.165, 1.54) is 0 Å². The van der Waals surface area contributed by atoms with Gasteiger partial charge in [-0.15, -0.1) is 0 Å². The zero-order valence-corrected chi connectivity index (χ0v) is 25.9. The van der Waals surface area contributed by atoms with Crippen LogP contribution in [-0.2, 0) is 16.1 Å². The molecule has 3 aliphatic rings. The molecule has 45 heavy (non-hydrogen) atoms. The van der Waals surface area contributed by atoms with Crippen LogP contribution in [0.15, 0.2) is 54.7 Å². The lowest BCUT2D eigenvalue weighted by atomic mass is 9.82. The van der Waals surface area contributed by atoms with Crippen LogP contribution in [0.3, 0.4) is 0 Å². The number of nitriles is 1. The molecule has 0 radical (unpaired) electrons. The summed E-state index contributed by atoms with van der Waals surface area (Å²) in [6.45, 7) is 4.74. The predicted octanol–water partition coefficient (Wildman–Crippen LogP) is 5.05. The number of halogens is 1. The van der Waals surface area contributed by atoms with Crippen molar-refractivity contribution in [1.29, 1.82) is 5.26 Å². The van der Waals surface area contributed by atoms with E-state index < -0.39 is 5.41 Å². The maximum absolute atomic E-state index is 12.3. The number of hydrogen-bond donors (Lipinski definition) is 3. The summed E-state index contributed by atoms with van der Waals surface area (Å²) in [6.07, 6.45) is 5.29. The molecule has 5 heterocycles. The maximum Gasteiger partial charge on any atom is 0.328 e. The van der Waals surface area contributed by atoms with Gasteiger partial charge in [0, 0.05) is 75.8 Å². The van der Waals surface area contributed by atoms with E-state index in [0.717, 1.165) is 60.8 Å². The van der Waals surface area contributed by atoms with Crippen molar-refractivity contribution in [2.24, 2.45) is 5.41 Å². The number of pyridine rings is 2. The smallest absolute Gasteiger partial charge is 0.328 e. The molecule has 0 atom stereocenters. The van der Waals surface area contributed by atoms with Gasteiger partial charge in [-0.05, 0) is 61.6 Å². The Morgan fingerprint density at radius 3 is 2.64 bits per heavy atom. The Hall–Kier alpha value is -4.24. The molecule has 3 aliphatic heterocycles. The summed E-state index contributed by atoms with van der Waals surface area (Å²) in [6, 6.07) is 18.1. The van der Waals surface area contributed by atoms with Crippen LogP contribution in [0.4, 0.5) is 22.1 Å². The number of hydrogen-bond acceptors (Lipinski definition) is 9. The molecule has 0 unspecified atom stereocenters. The van der Waals surface area contributed by atoms with Gasteiger partial charge < -0.3 is 15.4 Å². The number of amides is 3. The summed E-state index contributed by atoms with van der Waals surface area (Å²) in [4.78, 5) is 37.2. The fourth-order valence-corrected chi connectivity index (χ4v) is 6.28. The van der Waals surface area contributed by atoms with Gasteiger partial charge in [-0.1, -0.05) is 29.8 Å². The number of rotatable bonds is 9. The Labute approximate surface area is 267 Å². The van der Waals surface area contributed by atoms with Gasteiger partial charge in [0.1, 0.15) is 11.6 Å². The van der Waals surface area contributed by atoms with Gasteiger partial charge in [0.25, 0.3) is 0 Å². The van der Waals surface area contributed by atoms with Gasteiger partial charge in [0.2, 0.25) is 5.91 Å². The van der Waals surface area contributed by atoms with E-state index in [-0.39, 0.29) is 18.0 Å². The van der Waals surface area contributed by atoms with Crippen LogP contribution >= 0.6 is 11.6 Å². The van der Waals surface area contributed by atoms with Crippen molar-refractivity contribution in [3.8, 4) is 17.3 Å². The van der Waals surface area contributed by atoms with E-state index in [0.29, 0.717) is 56.4 Å². The molecule has 1 aromatic carbocycles. The summed E-state index contributed by atoms with van der Waals surface area (Å²) in [7, 11) is 0. The second kappa shape index (κ2) is 13.8. The fourth-order valence-electron chi connectivity index (χ4n) is 6.08. The van der Waals surface area contributed by atoms with Crippen LogP contribution in [-0.4, -0.2) is 72.2 Å². The lowest BCUT2D eigenvalue weighted by molar-refractivity contribution is -0.120. The summed E-state index contributed by atoms with van der Waals surface area (Å²) in [5, 5.41) is 19.6. The van der Waals surface area contributed by atoms with Crippen molar-refractivity contribution in [3.05, 3.63) is 65.3 Å². The topological polar surface area (TPSA) is 136 Å². The first-order valence-electron chi connectivity index (χ1n) is 15.4. The molecule has 0 spiro atoms. The number of urea groups is 1. The molecule has 3 saturated heterocycles. The minimum atomic E-state index is -0.450. The Kier molecular flexibility index (Phi) is 9.45. The van der Waals surface area contributed by atoms with Crippen LogP contribution in [0.2, 0.25) is 5.02 Å². The predicted molar refractivity (Wildman–Crippen MR) is 173 cm³/mol. The third-order valence-corrected chi connectivity index (χ3v) is 9.10. The van der Waals surface area contributed by atoms with E-state index in [1.807, 2.05) is 42.5 Å². The number of piperidine rings is 1. The SMILES string of the molecule is N#CC1(CNc2cccc(-c3cc(NC4CCN(Cc5cccc(N6CCC(=O)NC6=O)c5)CC4)ncc3Cl)n2)CCOCC1. The van der Waals surface area contributed by atoms with Gasteiger partial charge in [-0.25, -0.2) is 14.8 Å². The second-order valence-corrected chi connectivity index (χ2v) is 12.3. The zero-order chi connectivity index (χ0) is 31.2. The van der Waals surface area contributed by atoms with Crippen LogP contribution in [0, 0.1) is 16.7 Å². The van der Waals surface area contributed by atoms with Crippen LogP contribution < -0.4 is 20.9 Å². The Balaban J connectivity index is 1.04. The number of nitrogens with one attached hydrogen (secondary N) is 3. The Bertz CT molecular complexity index is 1580. The summed E-state index contributed by atoms with van der Waals surface area (Å²) in [5.74, 6) is 1.22.